The van der Waals surface area contributed by atoms with Crippen molar-refractivity contribution in [2.24, 2.45) is 5.16 Å². The Balaban J connectivity index is 1.34. The molecule has 0 bridgehead atoms. The molecule has 2 aromatic rings. The van der Waals surface area contributed by atoms with Crippen molar-refractivity contribution in [3.63, 3.8) is 0 Å². The van der Waals surface area contributed by atoms with Crippen LogP contribution in [0.3, 0.4) is 0 Å². The second kappa shape index (κ2) is 11.1. The number of carboxylic acids is 2. The number of pyridine rings is 1. The zero-order valence-corrected chi connectivity index (χ0v) is 23.3. The van der Waals surface area contributed by atoms with E-state index < -0.39 is 47.0 Å². The van der Waals surface area contributed by atoms with E-state index >= 15 is 0 Å². The predicted molar refractivity (Wildman–Crippen MR) is 145 cm³/mol. The molecule has 2 fully saturated rings. The fourth-order valence-electron chi connectivity index (χ4n) is 4.33. The van der Waals surface area contributed by atoms with Crippen molar-refractivity contribution < 1.29 is 38.8 Å². The minimum atomic E-state index is -1.39. The standard InChI is InChI=1S/C24H23ClN6O7S2/c1-10(22(34)35)38-29-15(14-18(25)40-24(26)28-14)19(32)27-16-20(33)31-17(23(36)37)13(9-39-21(16)31)8-30-6-4-12(5-7-30)11-2-3-11/h4-7,10-11,16,21H,2-3,8-9H2,1H3,(H4-,26,27,28,32,34,35,36,37)/p+1/b29-15-/t10-,16+,21+/m0/s1. The monoisotopic (exact) mass is 607 g/mol. The topological polar surface area (TPSA) is 188 Å². The van der Waals surface area contributed by atoms with E-state index in [4.69, 9.17) is 27.3 Å². The van der Waals surface area contributed by atoms with Gasteiger partial charge in [0.15, 0.2) is 29.8 Å². The van der Waals surface area contributed by atoms with Gasteiger partial charge in [0.25, 0.3) is 11.8 Å². The summed E-state index contributed by atoms with van der Waals surface area (Å²) >= 11 is 8.33. The number of halogens is 1. The molecule has 5 N–H and O–H groups in total. The summed E-state index contributed by atoms with van der Waals surface area (Å²) in [6, 6.07) is 2.98. The number of β-lactam (4-membered cyclic amide) rings is 1. The van der Waals surface area contributed by atoms with Gasteiger partial charge in [0.1, 0.15) is 27.1 Å². The number of nitrogen functional groups attached to an aromatic ring is 1. The van der Waals surface area contributed by atoms with E-state index in [1.54, 1.807) is 0 Å². The van der Waals surface area contributed by atoms with Crippen molar-refractivity contribution >= 4 is 69.3 Å². The van der Waals surface area contributed by atoms with Crippen LogP contribution in [-0.2, 0) is 30.6 Å². The van der Waals surface area contributed by atoms with E-state index in [2.05, 4.69) is 15.5 Å². The molecule has 1 saturated heterocycles. The highest BCUT2D eigenvalue weighted by atomic mass is 35.5. The van der Waals surface area contributed by atoms with Gasteiger partial charge in [-0.3, -0.25) is 14.5 Å². The van der Waals surface area contributed by atoms with Crippen LogP contribution in [0.4, 0.5) is 5.13 Å². The van der Waals surface area contributed by atoms with Gasteiger partial charge in [-0.25, -0.2) is 19.1 Å². The number of hydrogen-bond acceptors (Lipinski definition) is 10. The maximum atomic E-state index is 13.2. The highest BCUT2D eigenvalue weighted by Gasteiger charge is 2.55. The summed E-state index contributed by atoms with van der Waals surface area (Å²) in [5, 5.41) is 24.6. The second-order valence-electron chi connectivity index (χ2n) is 9.40. The molecule has 210 valence electrons. The summed E-state index contributed by atoms with van der Waals surface area (Å²) in [5.41, 5.74) is 6.78. The van der Waals surface area contributed by atoms with Crippen molar-refractivity contribution in [3.05, 3.63) is 51.4 Å². The number of nitrogens with one attached hydrogen (secondary N) is 1. The molecule has 16 heteroatoms. The molecule has 13 nitrogen and oxygen atoms in total. The fraction of sp³-hybridized carbons (Fsp3) is 0.375. The molecule has 2 aromatic heterocycles. The molecule has 2 aliphatic heterocycles. The number of thioether (sulfide) groups is 1. The SMILES string of the molecule is C[C@H](O/N=C(\C(=O)N[C@@H]1C(=O)N2C(C(=O)O)=C(C[n+]3ccc(C4CC4)cc3)CS[C@H]12)c1nc(N)sc1Cl)C(=O)O. The lowest BCUT2D eigenvalue weighted by Crippen LogP contribution is -2.71. The largest absolute Gasteiger partial charge is 0.478 e. The maximum Gasteiger partial charge on any atom is 0.352 e. The molecule has 0 spiro atoms. The van der Waals surface area contributed by atoms with Crippen molar-refractivity contribution in [1.29, 1.82) is 0 Å². The van der Waals surface area contributed by atoms with Gasteiger partial charge in [0.05, 0.1) is 0 Å². The summed E-state index contributed by atoms with van der Waals surface area (Å²) in [5.74, 6) is -3.16. The van der Waals surface area contributed by atoms with Crippen molar-refractivity contribution in [1.82, 2.24) is 15.2 Å². The van der Waals surface area contributed by atoms with E-state index in [9.17, 15) is 24.3 Å². The van der Waals surface area contributed by atoms with Gasteiger partial charge in [-0.1, -0.05) is 28.1 Å². The number of fused-ring (bicyclic) bond motifs is 1. The smallest absolute Gasteiger partial charge is 0.352 e. The fourth-order valence-corrected chi connectivity index (χ4v) is 6.59. The molecule has 5 rings (SSSR count). The molecule has 1 saturated carbocycles. The third-order valence-electron chi connectivity index (χ3n) is 6.57. The summed E-state index contributed by atoms with van der Waals surface area (Å²) in [6.07, 6.45) is 4.78. The molecule has 2 amide bonds. The average molecular weight is 608 g/mol. The Morgan fingerprint density at radius 3 is 2.60 bits per heavy atom. The molecule has 0 aromatic carbocycles. The number of thiazole rings is 1. The molecular weight excluding hydrogens is 584 g/mol. The molecule has 0 unspecified atom stereocenters. The van der Waals surface area contributed by atoms with Gasteiger partial charge >= 0.3 is 11.9 Å². The number of oxime groups is 1. The van der Waals surface area contributed by atoms with E-state index in [-0.39, 0.29) is 20.9 Å². The minimum absolute atomic E-state index is 0.00924. The number of nitrogens with two attached hydrogens (primary N) is 1. The molecule has 4 heterocycles. The Morgan fingerprint density at radius 1 is 1.32 bits per heavy atom. The van der Waals surface area contributed by atoms with Crippen LogP contribution in [0, 0.1) is 0 Å². The average Bonchev–Trinajstić information content (AvgIpc) is 3.71. The molecule has 1 aliphatic carbocycles. The number of anilines is 1. The van der Waals surface area contributed by atoms with Crippen LogP contribution in [-0.4, -0.2) is 72.8 Å². The second-order valence-corrected chi connectivity index (χ2v) is 12.1. The van der Waals surface area contributed by atoms with Crippen molar-refractivity contribution in [2.45, 2.75) is 49.7 Å². The highest BCUT2D eigenvalue weighted by molar-refractivity contribution is 8.00. The first-order valence-corrected chi connectivity index (χ1v) is 14.4. The van der Waals surface area contributed by atoms with E-state index in [1.807, 2.05) is 29.1 Å². The third-order valence-corrected chi connectivity index (χ3v) is 8.99. The Kier molecular flexibility index (Phi) is 7.70. The maximum absolute atomic E-state index is 13.2. The first kappa shape index (κ1) is 27.9. The summed E-state index contributed by atoms with van der Waals surface area (Å²) in [6.45, 7) is 1.51. The van der Waals surface area contributed by atoms with Gasteiger partial charge in [0, 0.05) is 23.5 Å². The van der Waals surface area contributed by atoms with Gasteiger partial charge in [-0.15, -0.1) is 11.8 Å². The number of nitrogens with zero attached hydrogens (tertiary/aromatic N) is 4. The van der Waals surface area contributed by atoms with Gasteiger partial charge in [0.2, 0.25) is 6.10 Å². The minimum Gasteiger partial charge on any atom is -0.478 e. The summed E-state index contributed by atoms with van der Waals surface area (Å²) in [7, 11) is 0. The van der Waals surface area contributed by atoms with Crippen LogP contribution in [0.1, 0.15) is 36.9 Å². The number of amides is 2. The lowest BCUT2D eigenvalue weighted by molar-refractivity contribution is -0.689. The molecular formula is C24H24ClN6O7S2+. The molecule has 3 atom stereocenters. The van der Waals surface area contributed by atoms with Gasteiger partial charge in [-0.2, -0.15) is 0 Å². The van der Waals surface area contributed by atoms with Crippen LogP contribution in [0.15, 0.2) is 41.0 Å². The number of aromatic nitrogens is 2. The Bertz CT molecular complexity index is 1460. The van der Waals surface area contributed by atoms with Gasteiger partial charge in [-0.05, 0) is 31.2 Å². The Labute approximate surface area is 240 Å². The highest BCUT2D eigenvalue weighted by Crippen LogP contribution is 2.41. The predicted octanol–water partition coefficient (Wildman–Crippen LogP) is 1.18. The lowest BCUT2D eigenvalue weighted by Gasteiger charge is -2.49. The van der Waals surface area contributed by atoms with Crippen molar-refractivity contribution in [2.75, 3.05) is 11.5 Å². The molecule has 40 heavy (non-hydrogen) atoms. The molecule has 0 radical (unpaired) electrons. The van der Waals surface area contributed by atoms with Crippen LogP contribution in [0.25, 0.3) is 0 Å². The Hall–Kier alpha value is -3.69. The quantitative estimate of drug-likeness (QED) is 0.132. The number of carboxylic acid groups (broad SMARTS) is 2. The first-order chi connectivity index (χ1) is 19.0. The van der Waals surface area contributed by atoms with E-state index in [0.29, 0.717) is 23.8 Å². The summed E-state index contributed by atoms with van der Waals surface area (Å²) in [4.78, 5) is 59.8. The van der Waals surface area contributed by atoms with E-state index in [1.165, 1.54) is 42.0 Å². The number of carbonyl (C=O) groups excluding carboxylic acids is 2. The number of hydrogen-bond donors (Lipinski definition) is 4. The van der Waals surface area contributed by atoms with Crippen LogP contribution in [0.5, 0.6) is 0 Å². The lowest BCUT2D eigenvalue weighted by atomic mass is 10.0. The zero-order chi connectivity index (χ0) is 28.7. The zero-order valence-electron chi connectivity index (χ0n) is 20.9. The van der Waals surface area contributed by atoms with E-state index in [0.717, 1.165) is 11.3 Å². The molecule has 3 aliphatic rings. The normalized spacial score (nSPS) is 21.4. The Morgan fingerprint density at radius 2 is 2.02 bits per heavy atom. The third kappa shape index (κ3) is 5.48. The van der Waals surface area contributed by atoms with Crippen LogP contribution >= 0.6 is 34.7 Å². The van der Waals surface area contributed by atoms with Crippen LogP contribution < -0.4 is 15.6 Å². The van der Waals surface area contributed by atoms with Crippen LogP contribution in [0.2, 0.25) is 4.34 Å². The number of rotatable bonds is 10. The van der Waals surface area contributed by atoms with Gasteiger partial charge < -0.3 is 26.1 Å². The number of aliphatic carboxylic acids is 2. The number of carbonyl (C=O) groups is 4. The summed E-state index contributed by atoms with van der Waals surface area (Å²) < 4.78 is 1.88. The first-order valence-electron chi connectivity index (χ1n) is 12.1. The van der Waals surface area contributed by atoms with Crippen molar-refractivity contribution in [3.8, 4) is 0 Å².